The Morgan fingerprint density at radius 2 is 1.92 bits per heavy atom. The van der Waals surface area contributed by atoms with Gasteiger partial charge in [0.1, 0.15) is 11.6 Å². The number of aryl methyl sites for hydroxylation is 2. The largest absolute Gasteiger partial charge is 0.494 e. The lowest BCUT2D eigenvalue weighted by atomic mass is 10.1. The third-order valence-electron chi connectivity index (χ3n) is 3.57. The summed E-state index contributed by atoms with van der Waals surface area (Å²) in [5.41, 5.74) is 2.76. The lowest BCUT2D eigenvalue weighted by Crippen LogP contribution is -2.15. The van der Waals surface area contributed by atoms with Crippen molar-refractivity contribution in [3.63, 3.8) is 0 Å². The van der Waals surface area contributed by atoms with Crippen LogP contribution in [0, 0.1) is 31.0 Å². The van der Waals surface area contributed by atoms with Crippen molar-refractivity contribution in [1.82, 2.24) is 0 Å². The fourth-order valence-electron chi connectivity index (χ4n) is 2.28. The van der Waals surface area contributed by atoms with E-state index in [2.05, 4.69) is 5.32 Å². The number of carbonyl (C=O) groups excluding carboxylic acids is 1. The van der Waals surface area contributed by atoms with Gasteiger partial charge < -0.3 is 10.1 Å². The van der Waals surface area contributed by atoms with Crippen molar-refractivity contribution in [2.75, 3.05) is 12.4 Å². The van der Waals surface area contributed by atoms with E-state index in [1.807, 2.05) is 38.1 Å². The molecule has 0 heterocycles. The van der Waals surface area contributed by atoms with Crippen molar-refractivity contribution in [3.05, 3.63) is 64.5 Å². The second kappa shape index (κ2) is 7.42. The lowest BCUT2D eigenvalue weighted by molar-refractivity contribution is -0.112. The molecule has 0 aliphatic rings. The first kappa shape index (κ1) is 17.2. The van der Waals surface area contributed by atoms with E-state index >= 15 is 0 Å². The number of nitrogens with zero attached hydrogens (tertiary/aromatic N) is 1. The number of nitrogens with one attached hydrogen (secondary N) is 1. The number of carbonyl (C=O) groups is 1. The average Bonchev–Trinajstić information content (AvgIpc) is 2.56. The number of amides is 1. The Morgan fingerprint density at radius 3 is 2.46 bits per heavy atom. The molecule has 122 valence electrons. The first-order chi connectivity index (χ1) is 11.5. The van der Waals surface area contributed by atoms with Crippen molar-refractivity contribution in [2.45, 2.75) is 13.8 Å². The summed E-state index contributed by atoms with van der Waals surface area (Å²) < 4.78 is 18.6. The molecule has 0 spiro atoms. The highest BCUT2D eigenvalue weighted by Crippen LogP contribution is 2.22. The van der Waals surface area contributed by atoms with Crippen molar-refractivity contribution >= 4 is 17.7 Å². The number of anilines is 1. The predicted octanol–water partition coefficient (Wildman–Crippen LogP) is 4.00. The zero-order chi connectivity index (χ0) is 17.7. The summed E-state index contributed by atoms with van der Waals surface area (Å²) in [6.07, 6.45) is 1.34. The van der Waals surface area contributed by atoms with Gasteiger partial charge in [-0.15, -0.1) is 0 Å². The zero-order valence-electron chi connectivity index (χ0n) is 13.7. The standard InChI is InChI=1S/C19H17FN2O2/c1-12-5-4-6-13(2)18(12)22-19(23)15(11-21)9-14-7-8-17(24-3)16(20)10-14/h4-10H,1-3H3,(H,22,23)/b15-9+. The van der Waals surface area contributed by atoms with E-state index in [1.54, 1.807) is 6.07 Å². The van der Waals surface area contributed by atoms with Gasteiger partial charge in [0.25, 0.3) is 5.91 Å². The highest BCUT2D eigenvalue weighted by Gasteiger charge is 2.13. The van der Waals surface area contributed by atoms with Crippen LogP contribution >= 0.6 is 0 Å². The lowest BCUT2D eigenvalue weighted by Gasteiger charge is -2.11. The maximum Gasteiger partial charge on any atom is 0.266 e. The second-order valence-electron chi connectivity index (χ2n) is 5.28. The molecule has 2 aromatic carbocycles. The Labute approximate surface area is 140 Å². The molecule has 0 radical (unpaired) electrons. The molecule has 4 nitrogen and oxygen atoms in total. The molecule has 1 amide bonds. The first-order valence-corrected chi connectivity index (χ1v) is 7.29. The smallest absolute Gasteiger partial charge is 0.266 e. The van der Waals surface area contributed by atoms with Crippen molar-refractivity contribution in [1.29, 1.82) is 5.26 Å². The van der Waals surface area contributed by atoms with Gasteiger partial charge in [-0.25, -0.2) is 4.39 Å². The highest BCUT2D eigenvalue weighted by molar-refractivity contribution is 6.10. The molecule has 0 saturated heterocycles. The van der Waals surface area contributed by atoms with Crippen LogP contribution in [-0.4, -0.2) is 13.0 Å². The van der Waals surface area contributed by atoms with Gasteiger partial charge >= 0.3 is 0 Å². The normalized spacial score (nSPS) is 10.9. The topological polar surface area (TPSA) is 62.1 Å². The maximum absolute atomic E-state index is 13.7. The summed E-state index contributed by atoms with van der Waals surface area (Å²) in [7, 11) is 1.37. The van der Waals surface area contributed by atoms with E-state index < -0.39 is 11.7 Å². The van der Waals surface area contributed by atoms with E-state index in [1.165, 1.54) is 25.3 Å². The van der Waals surface area contributed by atoms with E-state index in [4.69, 9.17) is 4.74 Å². The Morgan fingerprint density at radius 1 is 1.25 bits per heavy atom. The van der Waals surface area contributed by atoms with Crippen LogP contribution in [-0.2, 0) is 4.79 Å². The number of nitriles is 1. The molecule has 0 bridgehead atoms. The van der Waals surface area contributed by atoms with Gasteiger partial charge in [0, 0.05) is 5.69 Å². The Bertz CT molecular complexity index is 831. The number of hydrogen-bond donors (Lipinski definition) is 1. The van der Waals surface area contributed by atoms with Crippen LogP contribution in [0.4, 0.5) is 10.1 Å². The van der Waals surface area contributed by atoms with Gasteiger partial charge in [0.05, 0.1) is 7.11 Å². The monoisotopic (exact) mass is 324 g/mol. The van der Waals surface area contributed by atoms with Crippen LogP contribution in [0.15, 0.2) is 42.0 Å². The van der Waals surface area contributed by atoms with Gasteiger partial charge in [-0.2, -0.15) is 5.26 Å². The Hall–Kier alpha value is -3.13. The molecule has 1 N–H and O–H groups in total. The molecular formula is C19H17FN2O2. The molecule has 0 unspecified atom stereocenters. The molecular weight excluding hydrogens is 307 g/mol. The second-order valence-corrected chi connectivity index (χ2v) is 5.28. The zero-order valence-corrected chi connectivity index (χ0v) is 13.7. The minimum absolute atomic E-state index is 0.102. The predicted molar refractivity (Wildman–Crippen MR) is 91.1 cm³/mol. The molecule has 0 saturated carbocycles. The third kappa shape index (κ3) is 3.79. The fourth-order valence-corrected chi connectivity index (χ4v) is 2.28. The quantitative estimate of drug-likeness (QED) is 0.683. The number of ether oxygens (including phenoxy) is 1. The maximum atomic E-state index is 13.7. The van der Waals surface area contributed by atoms with Crippen LogP contribution in [0.3, 0.4) is 0 Å². The van der Waals surface area contributed by atoms with Crippen molar-refractivity contribution in [2.24, 2.45) is 0 Å². The average molecular weight is 324 g/mol. The number of halogens is 1. The number of methoxy groups -OCH3 is 1. The minimum atomic E-state index is -0.557. The number of para-hydroxylation sites is 1. The molecule has 0 fully saturated rings. The van der Waals surface area contributed by atoms with Gasteiger partial charge in [-0.3, -0.25) is 4.79 Å². The van der Waals surface area contributed by atoms with Crippen LogP contribution < -0.4 is 10.1 Å². The van der Waals surface area contributed by atoms with Crippen molar-refractivity contribution in [3.8, 4) is 11.8 Å². The molecule has 0 atom stereocenters. The summed E-state index contributed by atoms with van der Waals surface area (Å²) in [6.45, 7) is 3.74. The van der Waals surface area contributed by atoms with Crippen LogP contribution in [0.25, 0.3) is 6.08 Å². The van der Waals surface area contributed by atoms with E-state index in [9.17, 15) is 14.4 Å². The van der Waals surface area contributed by atoms with Gasteiger partial charge in [0.2, 0.25) is 0 Å². The van der Waals surface area contributed by atoms with Gasteiger partial charge in [-0.1, -0.05) is 24.3 Å². The molecule has 2 aromatic rings. The van der Waals surface area contributed by atoms with E-state index in [0.29, 0.717) is 11.3 Å². The summed E-state index contributed by atoms with van der Waals surface area (Å²) >= 11 is 0. The van der Waals surface area contributed by atoms with Gasteiger partial charge in [-0.05, 0) is 48.7 Å². The molecule has 0 aliphatic heterocycles. The number of benzene rings is 2. The molecule has 5 heteroatoms. The minimum Gasteiger partial charge on any atom is -0.494 e. The molecule has 2 rings (SSSR count). The summed E-state index contributed by atoms with van der Waals surface area (Å²) in [5.74, 6) is -0.990. The summed E-state index contributed by atoms with van der Waals surface area (Å²) in [4.78, 5) is 12.3. The molecule has 0 aromatic heterocycles. The van der Waals surface area contributed by atoms with Gasteiger partial charge in [0.15, 0.2) is 11.6 Å². The third-order valence-corrected chi connectivity index (χ3v) is 3.57. The van der Waals surface area contributed by atoms with E-state index in [0.717, 1.165) is 11.1 Å². The Kier molecular flexibility index (Phi) is 5.33. The SMILES string of the molecule is COc1ccc(/C=C(\C#N)C(=O)Nc2c(C)cccc2C)cc1F. The number of hydrogen-bond acceptors (Lipinski definition) is 3. The molecule has 0 aliphatic carbocycles. The number of rotatable bonds is 4. The summed E-state index contributed by atoms with van der Waals surface area (Å²) in [5, 5.41) is 12.0. The fraction of sp³-hybridized carbons (Fsp3) is 0.158. The van der Waals surface area contributed by atoms with Crippen molar-refractivity contribution < 1.29 is 13.9 Å². The van der Waals surface area contributed by atoms with E-state index in [-0.39, 0.29) is 11.3 Å². The first-order valence-electron chi connectivity index (χ1n) is 7.29. The van der Waals surface area contributed by atoms with Crippen LogP contribution in [0.5, 0.6) is 5.75 Å². The van der Waals surface area contributed by atoms with Crippen LogP contribution in [0.1, 0.15) is 16.7 Å². The van der Waals surface area contributed by atoms with Crippen LogP contribution in [0.2, 0.25) is 0 Å². The molecule has 24 heavy (non-hydrogen) atoms. The highest BCUT2D eigenvalue weighted by atomic mass is 19.1. The summed E-state index contributed by atoms with van der Waals surface area (Å²) in [6, 6.07) is 11.7. The Balaban J connectivity index is 2.29.